The lowest BCUT2D eigenvalue weighted by molar-refractivity contribution is 1.07. The number of hydrogen-bond donors (Lipinski definition) is 0. The van der Waals surface area contributed by atoms with Gasteiger partial charge in [-0.15, -0.1) is 0 Å². The Labute approximate surface area is 408 Å². The number of fused-ring (bicyclic) bond motifs is 10. The van der Waals surface area contributed by atoms with Crippen molar-refractivity contribution in [3.63, 3.8) is 0 Å². The zero-order chi connectivity index (χ0) is 47.0. The smallest absolute Gasteiger partial charge is 0.165 e. The quantitative estimate of drug-likeness (QED) is 0.160. The van der Waals surface area contributed by atoms with E-state index in [1.165, 1.54) is 0 Å². The molecule has 4 heterocycles. The van der Waals surface area contributed by atoms with Crippen LogP contribution in [0.25, 0.3) is 128 Å². The topological polar surface area (TPSA) is 77.2 Å². The van der Waals surface area contributed by atoms with Crippen molar-refractivity contribution in [3.05, 3.63) is 242 Å². The number of benzene rings is 10. The minimum atomic E-state index is 0.417. The van der Waals surface area contributed by atoms with E-state index >= 15 is 0 Å². The highest BCUT2D eigenvalue weighted by Gasteiger charge is 2.23. The van der Waals surface area contributed by atoms with E-state index in [1.807, 2.05) is 48.5 Å². The maximum absolute atomic E-state index is 11.2. The monoisotopic (exact) mass is 905 g/mol. The van der Waals surface area contributed by atoms with E-state index in [2.05, 4.69) is 208 Å². The van der Waals surface area contributed by atoms with E-state index in [-0.39, 0.29) is 0 Å². The number of nitriles is 1. The second-order valence-electron chi connectivity index (χ2n) is 17.9. The van der Waals surface area contributed by atoms with Gasteiger partial charge in [-0.3, -0.25) is 0 Å². The highest BCUT2D eigenvalue weighted by Crippen LogP contribution is 2.43. The molecule has 0 N–H and O–H groups in total. The third-order valence-corrected chi connectivity index (χ3v) is 13.9. The van der Waals surface area contributed by atoms with Gasteiger partial charge in [-0.2, -0.15) is 5.26 Å². The average molecular weight is 906 g/mol. The van der Waals surface area contributed by atoms with Crippen LogP contribution >= 0.6 is 0 Å². The molecule has 0 saturated carbocycles. The first-order chi connectivity index (χ1) is 35.2. The van der Waals surface area contributed by atoms with Gasteiger partial charge in [-0.1, -0.05) is 146 Å². The van der Waals surface area contributed by atoms with Crippen LogP contribution in [-0.4, -0.2) is 28.7 Å². The lowest BCUT2D eigenvalue weighted by atomic mass is 10.0. The van der Waals surface area contributed by atoms with Gasteiger partial charge >= 0.3 is 0 Å². The van der Waals surface area contributed by atoms with Gasteiger partial charge in [0.05, 0.1) is 44.7 Å². The molecule has 0 fully saturated rings. The maximum atomic E-state index is 11.2. The van der Waals surface area contributed by atoms with Gasteiger partial charge in [0.1, 0.15) is 0 Å². The van der Waals surface area contributed by atoms with Crippen molar-refractivity contribution in [2.24, 2.45) is 0 Å². The van der Waals surface area contributed by atoms with Crippen LogP contribution < -0.4 is 0 Å². The molecule has 0 radical (unpaired) electrons. The molecule has 10 aromatic carbocycles. The molecule has 7 heteroatoms. The second-order valence-corrected chi connectivity index (χ2v) is 17.9. The molecule has 71 heavy (non-hydrogen) atoms. The molecule has 0 aliphatic carbocycles. The Morgan fingerprint density at radius 1 is 0.310 bits per heavy atom. The Hall–Kier alpha value is -9.90. The van der Waals surface area contributed by atoms with Gasteiger partial charge in [0, 0.05) is 66.1 Å². The van der Waals surface area contributed by atoms with E-state index in [4.69, 9.17) is 15.0 Å². The van der Waals surface area contributed by atoms with Crippen LogP contribution in [0, 0.1) is 11.3 Å². The molecule has 0 bridgehead atoms. The number of nitrogens with zero attached hydrogens (tertiary/aromatic N) is 7. The fourth-order valence-corrected chi connectivity index (χ4v) is 10.8. The number of para-hydroxylation sites is 5. The van der Waals surface area contributed by atoms with Crippen molar-refractivity contribution >= 4 is 65.4 Å². The molecule has 14 rings (SSSR count). The van der Waals surface area contributed by atoms with Crippen LogP contribution in [0.4, 0.5) is 0 Å². The Morgan fingerprint density at radius 2 is 0.817 bits per heavy atom. The molecule has 0 unspecified atom stereocenters. The van der Waals surface area contributed by atoms with E-state index in [0.717, 1.165) is 105 Å². The minimum Gasteiger partial charge on any atom is -0.309 e. The summed E-state index contributed by atoms with van der Waals surface area (Å²) in [5.74, 6) is 1.45. The lowest BCUT2D eigenvalue weighted by Crippen LogP contribution is -2.02. The summed E-state index contributed by atoms with van der Waals surface area (Å²) >= 11 is 0. The van der Waals surface area contributed by atoms with Crippen molar-refractivity contribution < 1.29 is 0 Å². The fourth-order valence-electron chi connectivity index (χ4n) is 10.8. The summed E-state index contributed by atoms with van der Waals surface area (Å²) in [5.41, 5.74) is 14.5. The van der Waals surface area contributed by atoms with Crippen LogP contribution in [-0.2, 0) is 0 Å². The summed E-state index contributed by atoms with van der Waals surface area (Å²) in [6.45, 7) is 0. The molecule has 4 aromatic heterocycles. The van der Waals surface area contributed by atoms with Gasteiger partial charge in [0.2, 0.25) is 0 Å². The molecule has 0 saturated heterocycles. The van der Waals surface area contributed by atoms with E-state index in [0.29, 0.717) is 28.6 Å². The molecule has 0 atom stereocenters. The van der Waals surface area contributed by atoms with Gasteiger partial charge < -0.3 is 13.7 Å². The molecule has 330 valence electrons. The van der Waals surface area contributed by atoms with E-state index in [9.17, 15) is 5.26 Å². The SMILES string of the molecule is N#Cc1cc(-n2c3ccccc3c3ccc4c(c5ccccc5n4-c4ccccc4)c32)ccc1-c1nc(-c2cccc(-c3ccccc3)c2)nc(-c2ccc3c(c2)c2ccccc2n3-c2ccccc2)n1. The minimum absolute atomic E-state index is 0.417. The Kier molecular flexibility index (Phi) is 9.13. The van der Waals surface area contributed by atoms with Gasteiger partial charge in [-0.05, 0) is 102 Å². The van der Waals surface area contributed by atoms with E-state index < -0.39 is 0 Å². The van der Waals surface area contributed by atoms with Gasteiger partial charge in [0.25, 0.3) is 0 Å². The molecular formula is C64H39N7. The third-order valence-electron chi connectivity index (χ3n) is 13.9. The van der Waals surface area contributed by atoms with Crippen molar-refractivity contribution in [2.45, 2.75) is 0 Å². The van der Waals surface area contributed by atoms with Gasteiger partial charge in [-0.25, -0.2) is 15.0 Å². The molecule has 0 spiro atoms. The summed E-state index contributed by atoms with van der Waals surface area (Å²) in [7, 11) is 0. The Balaban J connectivity index is 0.981. The molecule has 0 aliphatic rings. The van der Waals surface area contributed by atoms with E-state index in [1.54, 1.807) is 0 Å². The van der Waals surface area contributed by atoms with Crippen molar-refractivity contribution in [1.29, 1.82) is 5.26 Å². The second kappa shape index (κ2) is 16.1. The van der Waals surface area contributed by atoms with Crippen LogP contribution in [0.5, 0.6) is 0 Å². The maximum Gasteiger partial charge on any atom is 0.165 e. The van der Waals surface area contributed by atoms with Crippen molar-refractivity contribution in [3.8, 4) is 68.4 Å². The standard InChI is InChI=1S/C64H39N7/c65-40-45-38-48(71-56-29-14-10-25-50(56)52-34-36-59-60(61(52)71)53-27-12-15-30-57(53)70(59)47-23-8-3-9-24-47)32-33-49(45)64-67-62(43-20-16-19-42(37-43)41-17-4-1-5-18-41)66-63(68-64)44-31-35-58-54(39-44)51-26-11-13-28-55(51)69(58)46-21-6-2-7-22-46/h1-39H. The van der Waals surface area contributed by atoms with Crippen molar-refractivity contribution in [2.75, 3.05) is 0 Å². The fraction of sp³-hybridized carbons (Fsp3) is 0. The van der Waals surface area contributed by atoms with Crippen LogP contribution in [0.3, 0.4) is 0 Å². The highest BCUT2D eigenvalue weighted by atomic mass is 15.0. The molecule has 14 aromatic rings. The number of rotatable bonds is 7. The van der Waals surface area contributed by atoms with Crippen LogP contribution in [0.15, 0.2) is 237 Å². The summed E-state index contributed by atoms with van der Waals surface area (Å²) in [5, 5.41) is 18.0. The van der Waals surface area contributed by atoms with Crippen molar-refractivity contribution in [1.82, 2.24) is 28.7 Å². The summed E-state index contributed by atoms with van der Waals surface area (Å²) in [6.07, 6.45) is 0. The van der Waals surface area contributed by atoms with Gasteiger partial charge in [0.15, 0.2) is 17.5 Å². The molecule has 0 amide bonds. The van der Waals surface area contributed by atoms with Crippen LogP contribution in [0.1, 0.15) is 5.56 Å². The number of aromatic nitrogens is 6. The largest absolute Gasteiger partial charge is 0.309 e. The first-order valence-electron chi connectivity index (χ1n) is 23.7. The predicted molar refractivity (Wildman–Crippen MR) is 289 cm³/mol. The Bertz CT molecular complexity index is 4460. The average Bonchev–Trinajstić information content (AvgIpc) is 4.09. The number of hydrogen-bond acceptors (Lipinski definition) is 4. The molecular weight excluding hydrogens is 867 g/mol. The molecule has 7 nitrogen and oxygen atoms in total. The Morgan fingerprint density at radius 3 is 1.51 bits per heavy atom. The first-order valence-corrected chi connectivity index (χ1v) is 23.7. The summed E-state index contributed by atoms with van der Waals surface area (Å²) in [4.78, 5) is 15.7. The summed E-state index contributed by atoms with van der Waals surface area (Å²) in [6, 6.07) is 84.9. The molecule has 0 aliphatic heterocycles. The first kappa shape index (κ1) is 40.2. The van der Waals surface area contributed by atoms with Crippen LogP contribution in [0.2, 0.25) is 0 Å². The highest BCUT2D eigenvalue weighted by molar-refractivity contribution is 6.26. The third kappa shape index (κ3) is 6.40. The summed E-state index contributed by atoms with van der Waals surface area (Å²) < 4.78 is 6.97. The predicted octanol–water partition coefficient (Wildman–Crippen LogP) is 15.7. The zero-order valence-corrected chi connectivity index (χ0v) is 38.1. The normalized spacial score (nSPS) is 11.6. The zero-order valence-electron chi connectivity index (χ0n) is 38.1. The lowest BCUT2D eigenvalue weighted by Gasteiger charge is -2.13.